The summed E-state index contributed by atoms with van der Waals surface area (Å²) in [6.45, 7) is 14.0. The van der Waals surface area contributed by atoms with Crippen LogP contribution in [0.1, 0.15) is 20.3 Å². The van der Waals surface area contributed by atoms with E-state index in [1.807, 2.05) is 5.70 Å². The molecule has 0 fully saturated rings. The predicted octanol–water partition coefficient (Wildman–Crippen LogP) is 3.11. The van der Waals surface area contributed by atoms with Crippen molar-refractivity contribution in [2.45, 2.75) is 39.9 Å². The van der Waals surface area contributed by atoms with E-state index >= 15 is 0 Å². The molecule has 0 rings (SSSR count). The molecule has 0 radical (unpaired) electrons. The predicted molar refractivity (Wildman–Crippen MR) is 83.0 cm³/mol. The molecule has 1 atom stereocenters. The minimum Gasteiger partial charge on any atom is -0.466 e. The topological polar surface area (TPSA) is 52.6 Å². The monoisotopic (exact) mass is 298 g/mol. The Bertz CT molecular complexity index is 380. The number of allylic oxidation sites excluding steroid dienone is 1. The Kier molecular flexibility index (Phi) is 8.14. The van der Waals surface area contributed by atoms with Crippen LogP contribution in [0.5, 0.6) is 0 Å². The van der Waals surface area contributed by atoms with Gasteiger partial charge in [0.25, 0.3) is 0 Å². The third kappa shape index (κ3) is 6.70. The van der Waals surface area contributed by atoms with E-state index in [-0.39, 0.29) is 13.2 Å². The first-order valence-corrected chi connectivity index (χ1v) is 10.5. The quantitative estimate of drug-likeness (QED) is 0.299. The Morgan fingerprint density at radius 3 is 2.10 bits per heavy atom. The second-order valence-electron chi connectivity index (χ2n) is 5.52. The molecule has 20 heavy (non-hydrogen) atoms. The van der Waals surface area contributed by atoms with Crippen LogP contribution in [0.2, 0.25) is 19.6 Å². The summed E-state index contributed by atoms with van der Waals surface area (Å²) in [5.41, 5.74) is 2.32. The van der Waals surface area contributed by atoms with Crippen LogP contribution in [0.3, 0.4) is 0 Å². The maximum absolute atomic E-state index is 12.1. The molecule has 1 unspecified atom stereocenters. The lowest BCUT2D eigenvalue weighted by molar-refractivity contribution is -0.150. The van der Waals surface area contributed by atoms with Gasteiger partial charge in [0.1, 0.15) is 0 Å². The van der Waals surface area contributed by atoms with Gasteiger partial charge in [-0.15, -0.1) is 6.58 Å². The zero-order chi connectivity index (χ0) is 15.8. The van der Waals surface area contributed by atoms with Crippen molar-refractivity contribution >= 4 is 20.0 Å². The molecule has 0 aliphatic rings. The van der Waals surface area contributed by atoms with E-state index in [9.17, 15) is 9.59 Å². The average Bonchev–Trinajstić information content (AvgIpc) is 2.32. The van der Waals surface area contributed by atoms with Gasteiger partial charge in [0.2, 0.25) is 0 Å². The standard InChI is InChI=1S/C15H26O4Si/c1-7-10-12(14(16)18-8-2)13(11-20(4,5)6)15(17)19-9-3/h7,11-12H,1,8-10H2,2-6H3. The molecular formula is C15H26O4Si. The summed E-state index contributed by atoms with van der Waals surface area (Å²) in [6.07, 6.45) is 1.99. The van der Waals surface area contributed by atoms with Gasteiger partial charge >= 0.3 is 11.9 Å². The number of ether oxygens (including phenoxy) is 2. The highest BCUT2D eigenvalue weighted by Crippen LogP contribution is 2.22. The van der Waals surface area contributed by atoms with Crippen LogP contribution in [-0.4, -0.2) is 33.2 Å². The number of hydrogen-bond acceptors (Lipinski definition) is 4. The molecule has 0 saturated carbocycles. The highest BCUT2D eigenvalue weighted by Gasteiger charge is 2.30. The molecule has 0 spiro atoms. The van der Waals surface area contributed by atoms with E-state index in [2.05, 4.69) is 26.2 Å². The van der Waals surface area contributed by atoms with E-state index in [0.29, 0.717) is 12.0 Å². The van der Waals surface area contributed by atoms with Gasteiger partial charge in [-0.3, -0.25) is 4.79 Å². The minimum atomic E-state index is -1.68. The maximum atomic E-state index is 12.1. The van der Waals surface area contributed by atoms with Crippen molar-refractivity contribution in [1.82, 2.24) is 0 Å². The number of hydrogen-bond donors (Lipinski definition) is 0. The molecule has 0 N–H and O–H groups in total. The summed E-state index contributed by atoms with van der Waals surface area (Å²) in [7, 11) is -1.68. The van der Waals surface area contributed by atoms with Crippen LogP contribution >= 0.6 is 0 Å². The van der Waals surface area contributed by atoms with Crippen molar-refractivity contribution < 1.29 is 19.1 Å². The minimum absolute atomic E-state index is 0.283. The summed E-state index contributed by atoms with van der Waals surface area (Å²) in [5.74, 6) is -1.46. The molecule has 0 saturated heterocycles. The normalized spacial score (nSPS) is 13.6. The van der Waals surface area contributed by atoms with E-state index < -0.39 is 25.9 Å². The van der Waals surface area contributed by atoms with Gasteiger partial charge in [-0.25, -0.2) is 4.79 Å². The van der Waals surface area contributed by atoms with E-state index in [1.54, 1.807) is 19.9 Å². The van der Waals surface area contributed by atoms with Crippen LogP contribution in [-0.2, 0) is 19.1 Å². The number of carbonyl (C=O) groups is 2. The van der Waals surface area contributed by atoms with Crippen molar-refractivity contribution in [3.8, 4) is 0 Å². The Balaban J connectivity index is 5.52. The lowest BCUT2D eigenvalue weighted by Gasteiger charge is -2.20. The van der Waals surface area contributed by atoms with Gasteiger partial charge in [0.15, 0.2) is 0 Å². The molecular weight excluding hydrogens is 272 g/mol. The first kappa shape index (κ1) is 18.6. The van der Waals surface area contributed by atoms with Crippen molar-refractivity contribution in [2.75, 3.05) is 13.2 Å². The first-order chi connectivity index (χ1) is 9.26. The second kappa shape index (κ2) is 8.74. The Hall–Kier alpha value is -1.36. The molecule has 0 aliphatic carbocycles. The van der Waals surface area contributed by atoms with Crippen molar-refractivity contribution in [3.63, 3.8) is 0 Å². The molecule has 0 aliphatic heterocycles. The van der Waals surface area contributed by atoms with E-state index in [1.165, 1.54) is 0 Å². The fourth-order valence-corrected chi connectivity index (χ4v) is 2.99. The summed E-state index contributed by atoms with van der Waals surface area (Å²) in [4.78, 5) is 24.2. The molecule has 0 aromatic rings. The largest absolute Gasteiger partial charge is 0.466 e. The van der Waals surface area contributed by atoms with Gasteiger partial charge in [-0.05, 0) is 20.3 Å². The number of carbonyl (C=O) groups excluding carboxylic acids is 2. The zero-order valence-corrected chi connectivity index (χ0v) is 14.2. The smallest absolute Gasteiger partial charge is 0.334 e. The van der Waals surface area contributed by atoms with Crippen molar-refractivity contribution in [2.24, 2.45) is 5.92 Å². The highest BCUT2D eigenvalue weighted by atomic mass is 28.3. The molecule has 0 bridgehead atoms. The molecule has 0 aromatic heterocycles. The van der Waals surface area contributed by atoms with E-state index in [4.69, 9.17) is 9.47 Å². The third-order valence-corrected chi connectivity index (χ3v) is 3.63. The average molecular weight is 298 g/mol. The highest BCUT2D eigenvalue weighted by molar-refractivity contribution is 6.81. The Labute approximate surface area is 122 Å². The van der Waals surface area contributed by atoms with Crippen molar-refractivity contribution in [1.29, 1.82) is 0 Å². The van der Waals surface area contributed by atoms with Crippen LogP contribution in [0.25, 0.3) is 0 Å². The lowest BCUT2D eigenvalue weighted by Crippen LogP contribution is -2.29. The Morgan fingerprint density at radius 2 is 1.70 bits per heavy atom. The van der Waals surface area contributed by atoms with Gasteiger partial charge in [0, 0.05) is 5.57 Å². The maximum Gasteiger partial charge on any atom is 0.334 e. The number of rotatable bonds is 8. The number of esters is 2. The summed E-state index contributed by atoms with van der Waals surface area (Å²) >= 11 is 0. The van der Waals surface area contributed by atoms with Crippen LogP contribution in [0.4, 0.5) is 0 Å². The molecule has 5 heteroatoms. The Morgan fingerprint density at radius 1 is 1.15 bits per heavy atom. The third-order valence-electron chi connectivity index (χ3n) is 2.45. The van der Waals surface area contributed by atoms with Gasteiger partial charge < -0.3 is 9.47 Å². The van der Waals surface area contributed by atoms with E-state index in [0.717, 1.165) is 0 Å². The molecule has 4 nitrogen and oxygen atoms in total. The van der Waals surface area contributed by atoms with Crippen LogP contribution < -0.4 is 0 Å². The van der Waals surface area contributed by atoms with Gasteiger partial charge in [-0.2, -0.15) is 0 Å². The molecule has 0 aromatic carbocycles. The first-order valence-electron chi connectivity index (χ1n) is 6.94. The zero-order valence-electron chi connectivity index (χ0n) is 13.2. The molecule has 114 valence electrons. The summed E-state index contributed by atoms with van der Waals surface area (Å²) in [6, 6.07) is 0. The SMILES string of the molecule is C=CCC(C(=O)OCC)C(=C[Si](C)(C)C)C(=O)OCC. The van der Waals surface area contributed by atoms with Gasteiger partial charge in [-0.1, -0.05) is 31.4 Å². The van der Waals surface area contributed by atoms with Crippen LogP contribution in [0, 0.1) is 5.92 Å². The lowest BCUT2D eigenvalue weighted by atomic mass is 9.97. The fraction of sp³-hybridized carbons (Fsp3) is 0.600. The van der Waals surface area contributed by atoms with Gasteiger partial charge in [0.05, 0.1) is 27.2 Å². The van der Waals surface area contributed by atoms with Crippen molar-refractivity contribution in [3.05, 3.63) is 23.9 Å². The summed E-state index contributed by atoms with van der Waals surface area (Å²) in [5, 5.41) is 0. The van der Waals surface area contributed by atoms with Crippen LogP contribution in [0.15, 0.2) is 23.9 Å². The fourth-order valence-electron chi connectivity index (χ4n) is 1.74. The molecule has 0 heterocycles. The second-order valence-corrected chi connectivity index (χ2v) is 10.5. The molecule has 0 amide bonds. The summed E-state index contributed by atoms with van der Waals surface area (Å²) < 4.78 is 10.1.